The minimum Gasteiger partial charge on any atom is -0.471 e. The summed E-state index contributed by atoms with van der Waals surface area (Å²) in [6.07, 6.45) is -1.40. The van der Waals surface area contributed by atoms with Crippen LogP contribution >= 0.6 is 11.6 Å². The molecule has 1 aromatic rings. The van der Waals surface area contributed by atoms with Crippen LogP contribution in [0, 0.1) is 5.92 Å². The monoisotopic (exact) mass is 552 g/mol. The van der Waals surface area contributed by atoms with Crippen molar-refractivity contribution in [3.8, 4) is 5.75 Å². The number of ketones is 4. The van der Waals surface area contributed by atoms with Crippen LogP contribution in [-0.4, -0.2) is 88.5 Å². The highest BCUT2D eigenvalue weighted by Gasteiger charge is 2.60. The second-order valence-corrected chi connectivity index (χ2v) is 9.23. The number of carbonyl (C=O) groups excluding carboxylic acids is 5. The maximum Gasteiger partial charge on any atom is 0.266 e. The number of rotatable bonds is 11. The number of fused-ring (bicyclic) bond motifs is 1. The lowest BCUT2D eigenvalue weighted by atomic mass is 9.69. The zero-order valence-corrected chi connectivity index (χ0v) is 22.3. The predicted octanol–water partition coefficient (Wildman–Crippen LogP) is 0.867. The van der Waals surface area contributed by atoms with Crippen molar-refractivity contribution in [3.05, 3.63) is 39.4 Å². The third kappa shape index (κ3) is 4.79. The molecule has 38 heavy (non-hydrogen) atoms. The Balaban J connectivity index is 2.31. The molecule has 1 heterocycles. The van der Waals surface area contributed by atoms with Gasteiger partial charge in [0, 0.05) is 46.3 Å². The maximum absolute atomic E-state index is 14.3. The van der Waals surface area contributed by atoms with E-state index < -0.39 is 52.8 Å². The summed E-state index contributed by atoms with van der Waals surface area (Å²) in [7, 11) is 5.28. The van der Waals surface area contributed by atoms with Gasteiger partial charge in [-0.1, -0.05) is 18.5 Å². The number of methoxy groups -OCH3 is 4. The Morgan fingerprint density at radius 1 is 1.08 bits per heavy atom. The molecule has 1 aliphatic carbocycles. The van der Waals surface area contributed by atoms with Gasteiger partial charge in [0.1, 0.15) is 12.2 Å². The quantitative estimate of drug-likeness (QED) is 0.173. The van der Waals surface area contributed by atoms with Crippen LogP contribution in [0.5, 0.6) is 5.75 Å². The topological polar surface area (TPSA) is 170 Å². The highest BCUT2D eigenvalue weighted by molar-refractivity contribution is 6.37. The fourth-order valence-electron chi connectivity index (χ4n) is 4.73. The van der Waals surface area contributed by atoms with Gasteiger partial charge in [-0.2, -0.15) is 0 Å². The molecule has 3 rings (SSSR count). The molecule has 0 saturated heterocycles. The lowest BCUT2D eigenvalue weighted by Crippen LogP contribution is -2.55. The summed E-state index contributed by atoms with van der Waals surface area (Å²) in [5.41, 5.74) is -1.12. The number of hydrogen-bond acceptors (Lipinski definition) is 11. The fraction of sp³-hybridized carbons (Fsp3) is 0.480. The smallest absolute Gasteiger partial charge is 0.266 e. The molecule has 1 aliphatic heterocycles. The van der Waals surface area contributed by atoms with Gasteiger partial charge in [0.2, 0.25) is 11.4 Å². The number of carbonyl (C=O) groups is 5. The first kappa shape index (κ1) is 29.6. The highest BCUT2D eigenvalue weighted by atomic mass is 35.5. The van der Waals surface area contributed by atoms with Crippen molar-refractivity contribution < 1.29 is 47.7 Å². The van der Waals surface area contributed by atoms with Crippen LogP contribution in [0.25, 0.3) is 0 Å². The number of benzene rings is 1. The molecular formula is C25H29ClN2O10. The van der Waals surface area contributed by atoms with Gasteiger partial charge in [-0.3, -0.25) is 29.4 Å². The van der Waals surface area contributed by atoms with Gasteiger partial charge in [-0.25, -0.2) is 5.84 Å². The van der Waals surface area contributed by atoms with Gasteiger partial charge in [0.25, 0.3) is 5.91 Å². The lowest BCUT2D eigenvalue weighted by molar-refractivity contribution is -0.131. The van der Waals surface area contributed by atoms with E-state index >= 15 is 0 Å². The van der Waals surface area contributed by atoms with E-state index in [0.29, 0.717) is 0 Å². The zero-order chi connectivity index (χ0) is 28.4. The third-order valence-corrected chi connectivity index (χ3v) is 7.03. The second-order valence-electron chi connectivity index (χ2n) is 8.85. The molecule has 3 N–H and O–H groups in total. The Labute approximate surface area is 223 Å². The molecule has 1 spiro atoms. The molecule has 206 valence electrons. The summed E-state index contributed by atoms with van der Waals surface area (Å²) >= 11 is 6.51. The average molecular weight is 553 g/mol. The van der Waals surface area contributed by atoms with Crippen molar-refractivity contribution in [2.45, 2.75) is 31.2 Å². The van der Waals surface area contributed by atoms with Crippen molar-refractivity contribution in [3.63, 3.8) is 0 Å². The largest absolute Gasteiger partial charge is 0.471 e. The molecule has 1 amide bonds. The van der Waals surface area contributed by atoms with E-state index in [4.69, 9.17) is 41.1 Å². The van der Waals surface area contributed by atoms with E-state index in [1.165, 1.54) is 28.4 Å². The van der Waals surface area contributed by atoms with Crippen LogP contribution in [0.15, 0.2) is 17.7 Å². The van der Waals surface area contributed by atoms with Crippen LogP contribution in [0.3, 0.4) is 0 Å². The van der Waals surface area contributed by atoms with E-state index in [9.17, 15) is 24.0 Å². The lowest BCUT2D eigenvalue weighted by Gasteiger charge is -2.38. The van der Waals surface area contributed by atoms with Crippen molar-refractivity contribution in [2.75, 3.05) is 41.7 Å². The SMILES string of the molecule is COC[C@H](OC)C(=O)C1=CC(=O)C[C@@H](C)[C@]12Oc1c(Cl)c(C(=O)NN)cc(C(=O)[C@H](COC)OC)c1C2=O. The van der Waals surface area contributed by atoms with Gasteiger partial charge < -0.3 is 23.7 Å². The average Bonchev–Trinajstić information content (AvgIpc) is 3.21. The van der Waals surface area contributed by atoms with Gasteiger partial charge >= 0.3 is 0 Å². The van der Waals surface area contributed by atoms with Crippen LogP contribution in [0.4, 0.5) is 0 Å². The molecular weight excluding hydrogens is 524 g/mol. The Morgan fingerprint density at radius 3 is 2.18 bits per heavy atom. The van der Waals surface area contributed by atoms with E-state index in [1.54, 1.807) is 6.92 Å². The summed E-state index contributed by atoms with van der Waals surface area (Å²) in [4.78, 5) is 66.4. The van der Waals surface area contributed by atoms with Crippen LogP contribution in [0.2, 0.25) is 5.02 Å². The molecule has 0 radical (unpaired) electrons. The first-order chi connectivity index (χ1) is 18.0. The number of nitrogens with two attached hydrogens (primary N) is 1. The predicted molar refractivity (Wildman–Crippen MR) is 132 cm³/mol. The molecule has 0 aromatic heterocycles. The summed E-state index contributed by atoms with van der Waals surface area (Å²) in [6.45, 7) is 1.24. The summed E-state index contributed by atoms with van der Waals surface area (Å²) in [5, 5.41) is -0.304. The number of halogens is 1. The number of hydrogen-bond donors (Lipinski definition) is 2. The molecule has 0 unspecified atom stereocenters. The minimum atomic E-state index is -2.03. The Hall–Kier alpha value is -3.00. The van der Waals surface area contributed by atoms with Crippen LogP contribution < -0.4 is 16.0 Å². The first-order valence-corrected chi connectivity index (χ1v) is 11.9. The maximum atomic E-state index is 14.3. The van der Waals surface area contributed by atoms with Crippen LogP contribution in [0.1, 0.15) is 44.4 Å². The molecule has 1 aromatic carbocycles. The second kappa shape index (κ2) is 11.8. The molecule has 0 saturated carbocycles. The number of nitrogens with one attached hydrogen (secondary N) is 1. The fourth-order valence-corrected chi connectivity index (χ4v) is 5.00. The normalized spacial score (nSPS) is 22.0. The third-order valence-electron chi connectivity index (χ3n) is 6.65. The van der Waals surface area contributed by atoms with Gasteiger partial charge in [-0.05, 0) is 12.1 Å². The van der Waals surface area contributed by atoms with E-state index in [1.807, 2.05) is 5.43 Å². The van der Waals surface area contributed by atoms with Crippen molar-refractivity contribution >= 4 is 40.6 Å². The standard InChI is InChI=1S/C25H29ClN2O10/c1-11-6-12(29)7-15(21(31)17(37-5)10-35-3)25(11)23(32)18-13(20(30)16(36-4)9-34-2)8-14(24(33)28-27)19(26)22(18)38-25/h7-8,11,16-17H,6,9-10,27H2,1-5H3,(H,28,33)/t11-,16+,17+,25+/m1/s1. The number of nitrogen functional groups attached to an aromatic ring is 1. The van der Waals surface area contributed by atoms with E-state index in [0.717, 1.165) is 12.1 Å². The minimum absolute atomic E-state index is 0.139. The summed E-state index contributed by atoms with van der Waals surface area (Å²) < 4.78 is 26.8. The Morgan fingerprint density at radius 2 is 1.66 bits per heavy atom. The summed E-state index contributed by atoms with van der Waals surface area (Å²) in [5.74, 6) is 0.688. The Bertz CT molecular complexity index is 1210. The van der Waals surface area contributed by atoms with Crippen molar-refractivity contribution in [1.82, 2.24) is 5.43 Å². The Kier molecular flexibility index (Phi) is 9.18. The number of hydrazine groups is 1. The van der Waals surface area contributed by atoms with Crippen LogP contribution in [-0.2, 0) is 28.5 Å². The molecule has 0 fully saturated rings. The number of Topliss-reactive ketones (excluding diaryl/α,β-unsaturated/α-hetero) is 3. The highest BCUT2D eigenvalue weighted by Crippen LogP contribution is 2.51. The van der Waals surface area contributed by atoms with Crippen molar-refractivity contribution in [2.24, 2.45) is 11.8 Å². The molecule has 12 nitrogen and oxygen atoms in total. The molecule has 4 atom stereocenters. The molecule has 0 bridgehead atoms. The van der Waals surface area contributed by atoms with Gasteiger partial charge in [-0.15, -0.1) is 0 Å². The van der Waals surface area contributed by atoms with E-state index in [-0.39, 0.29) is 52.7 Å². The first-order valence-electron chi connectivity index (χ1n) is 11.5. The number of amides is 1. The summed E-state index contributed by atoms with van der Waals surface area (Å²) in [6, 6.07) is 1.11. The molecule has 13 heteroatoms. The number of allylic oxidation sites excluding steroid dienone is 1. The van der Waals surface area contributed by atoms with Gasteiger partial charge in [0.15, 0.2) is 23.1 Å². The van der Waals surface area contributed by atoms with Crippen molar-refractivity contribution in [1.29, 1.82) is 0 Å². The zero-order valence-electron chi connectivity index (χ0n) is 21.5. The van der Waals surface area contributed by atoms with Gasteiger partial charge in [0.05, 0.1) is 34.9 Å². The number of ether oxygens (including phenoxy) is 5. The molecule has 2 aliphatic rings. The van der Waals surface area contributed by atoms with E-state index in [2.05, 4.69) is 0 Å².